The van der Waals surface area contributed by atoms with E-state index in [0.29, 0.717) is 56.1 Å². The molecule has 46 heavy (non-hydrogen) atoms. The molecular weight excluding hydrogens is 618 g/mol. The Morgan fingerprint density at radius 3 is 2.09 bits per heavy atom. The molecule has 2 atom stereocenters. The van der Waals surface area contributed by atoms with E-state index in [1.807, 2.05) is 0 Å². The van der Waals surface area contributed by atoms with Crippen molar-refractivity contribution >= 4 is 5.78 Å². The van der Waals surface area contributed by atoms with Gasteiger partial charge in [-0.05, 0) is 98.5 Å². The summed E-state index contributed by atoms with van der Waals surface area (Å²) in [5, 5.41) is 3.14. The highest BCUT2D eigenvalue weighted by Gasteiger charge is 2.41. The van der Waals surface area contributed by atoms with Crippen LogP contribution < -0.4 is 5.32 Å². The van der Waals surface area contributed by atoms with Crippen molar-refractivity contribution in [2.45, 2.75) is 94.1 Å². The molecule has 1 saturated carbocycles. The minimum atomic E-state index is -5.02. The zero-order valence-electron chi connectivity index (χ0n) is 25.8. The van der Waals surface area contributed by atoms with E-state index >= 15 is 0 Å². The topological polar surface area (TPSA) is 35.6 Å². The van der Waals surface area contributed by atoms with Gasteiger partial charge in [0, 0.05) is 38.6 Å². The van der Waals surface area contributed by atoms with E-state index in [1.54, 1.807) is 0 Å². The van der Waals surface area contributed by atoms with Crippen LogP contribution >= 0.6 is 0 Å². The molecule has 2 heterocycles. The number of carbonyl (C=O) groups excluding carboxylic acids is 1. The largest absolute Gasteiger partial charge is 0.416 e. The molecule has 0 aromatic heterocycles. The van der Waals surface area contributed by atoms with Crippen LogP contribution in [0.5, 0.6) is 0 Å². The molecular formula is C34H41F8N3O. The second-order valence-corrected chi connectivity index (χ2v) is 13.2. The molecule has 3 fully saturated rings. The molecule has 2 aromatic rings. The van der Waals surface area contributed by atoms with Crippen molar-refractivity contribution in [3.63, 3.8) is 0 Å². The Bertz CT molecular complexity index is 1320. The lowest BCUT2D eigenvalue weighted by Crippen LogP contribution is -2.51. The molecule has 0 amide bonds. The van der Waals surface area contributed by atoms with Crippen molar-refractivity contribution in [2.24, 2.45) is 0 Å². The average Bonchev–Trinajstić information content (AvgIpc) is 3.25. The van der Waals surface area contributed by atoms with Gasteiger partial charge in [-0.15, -0.1) is 0 Å². The molecule has 2 aromatic carbocycles. The molecule has 3 aliphatic rings. The first kappa shape index (κ1) is 34.8. The Hall–Kier alpha value is -2.57. The number of rotatable bonds is 8. The standard InChI is InChI=1S/C34H41F8N3O/c35-28-8-7-24(21-29(28)36)32(10-12-44-13-15-45(16-14-44)27-5-2-1-3-6-27)9-4-11-43-30(22-32)31(46)19-23-17-25(33(37,38)39)20-26(18-23)34(40,41)42/h7-8,17-18,20-21,27,30,43H,1-6,9-16,19,22H2. The molecule has 2 unspecified atom stereocenters. The van der Waals surface area contributed by atoms with Crippen molar-refractivity contribution in [1.82, 2.24) is 15.1 Å². The molecule has 0 bridgehead atoms. The first-order valence-electron chi connectivity index (χ1n) is 16.2. The second kappa shape index (κ2) is 14.3. The minimum Gasteiger partial charge on any atom is -0.307 e. The summed E-state index contributed by atoms with van der Waals surface area (Å²) >= 11 is 0. The molecule has 0 spiro atoms. The number of carbonyl (C=O) groups is 1. The third-order valence-corrected chi connectivity index (χ3v) is 10.2. The Balaban J connectivity index is 1.35. The molecule has 12 heteroatoms. The zero-order chi connectivity index (χ0) is 33.1. The third-order valence-electron chi connectivity index (χ3n) is 10.2. The van der Waals surface area contributed by atoms with Gasteiger partial charge >= 0.3 is 12.4 Å². The van der Waals surface area contributed by atoms with Gasteiger partial charge < -0.3 is 10.2 Å². The fourth-order valence-electron chi connectivity index (χ4n) is 7.57. The van der Waals surface area contributed by atoms with Crippen molar-refractivity contribution < 1.29 is 39.9 Å². The van der Waals surface area contributed by atoms with Crippen LogP contribution in [0.1, 0.15) is 80.0 Å². The van der Waals surface area contributed by atoms with Crippen LogP contribution in [0.3, 0.4) is 0 Å². The van der Waals surface area contributed by atoms with E-state index in [2.05, 4.69) is 15.1 Å². The van der Waals surface area contributed by atoms with Gasteiger partial charge in [-0.25, -0.2) is 8.78 Å². The van der Waals surface area contributed by atoms with E-state index in [0.717, 1.165) is 38.3 Å². The van der Waals surface area contributed by atoms with Gasteiger partial charge in [-0.1, -0.05) is 25.3 Å². The van der Waals surface area contributed by atoms with Crippen LogP contribution in [0.15, 0.2) is 36.4 Å². The molecule has 5 rings (SSSR count). The van der Waals surface area contributed by atoms with Crippen molar-refractivity contribution in [2.75, 3.05) is 39.3 Å². The van der Waals surface area contributed by atoms with Crippen LogP contribution in [0, 0.1) is 11.6 Å². The Labute approximate surface area is 264 Å². The summed E-state index contributed by atoms with van der Waals surface area (Å²) in [5.41, 5.74) is -3.55. The van der Waals surface area contributed by atoms with Gasteiger partial charge in [-0.2, -0.15) is 26.3 Å². The lowest BCUT2D eigenvalue weighted by Gasteiger charge is -2.42. The number of halogens is 8. The van der Waals surface area contributed by atoms with Gasteiger partial charge in [0.05, 0.1) is 17.2 Å². The summed E-state index contributed by atoms with van der Waals surface area (Å²) < 4.78 is 109. The molecule has 0 radical (unpaired) electrons. The molecule has 4 nitrogen and oxygen atoms in total. The minimum absolute atomic E-state index is 0.0426. The smallest absolute Gasteiger partial charge is 0.307 e. The number of piperazine rings is 1. The third kappa shape index (κ3) is 8.47. The van der Waals surface area contributed by atoms with Gasteiger partial charge in [0.2, 0.25) is 0 Å². The second-order valence-electron chi connectivity index (χ2n) is 13.2. The Kier molecular flexibility index (Phi) is 10.8. The fraction of sp³-hybridized carbons (Fsp3) is 0.618. The van der Waals surface area contributed by atoms with Crippen LogP contribution in [-0.2, 0) is 29.0 Å². The summed E-state index contributed by atoms with van der Waals surface area (Å²) in [7, 11) is 0. The van der Waals surface area contributed by atoms with E-state index in [1.165, 1.54) is 38.2 Å². The number of benzene rings is 2. The van der Waals surface area contributed by atoms with E-state index in [-0.39, 0.29) is 18.1 Å². The van der Waals surface area contributed by atoms with E-state index < -0.39 is 58.8 Å². The normalized spacial score (nSPS) is 24.6. The highest BCUT2D eigenvalue weighted by Crippen LogP contribution is 2.41. The lowest BCUT2D eigenvalue weighted by molar-refractivity contribution is -0.143. The summed E-state index contributed by atoms with van der Waals surface area (Å²) in [4.78, 5) is 18.5. The molecule has 2 aliphatic heterocycles. The van der Waals surface area contributed by atoms with Gasteiger partial charge in [0.1, 0.15) is 0 Å². The van der Waals surface area contributed by atoms with Gasteiger partial charge in [0.15, 0.2) is 17.4 Å². The summed E-state index contributed by atoms with van der Waals surface area (Å²) in [6, 6.07) is 4.67. The number of nitrogens with zero attached hydrogens (tertiary/aromatic N) is 2. The first-order valence-corrected chi connectivity index (χ1v) is 16.2. The predicted molar refractivity (Wildman–Crippen MR) is 158 cm³/mol. The molecule has 2 saturated heterocycles. The maximum absolute atomic E-state index is 14.6. The number of nitrogens with one attached hydrogen (secondary N) is 1. The maximum atomic E-state index is 14.6. The SMILES string of the molecule is O=C(Cc1cc(C(F)(F)F)cc(C(F)(F)F)c1)C1CC(CCN2CCN(C3CCCCC3)CC2)(c2ccc(F)c(F)c2)CCCN1. The van der Waals surface area contributed by atoms with Crippen molar-refractivity contribution in [1.29, 1.82) is 0 Å². The predicted octanol–water partition coefficient (Wildman–Crippen LogP) is 7.53. The van der Waals surface area contributed by atoms with Crippen LogP contribution in [0.2, 0.25) is 0 Å². The number of ketones is 1. The quantitative estimate of drug-likeness (QED) is 0.297. The summed E-state index contributed by atoms with van der Waals surface area (Å²) in [5.74, 6) is -2.56. The number of Topliss-reactive ketones (excluding diaryl/α,β-unsaturated/α-hetero) is 1. The number of alkyl halides is 6. The lowest BCUT2D eigenvalue weighted by atomic mass is 9.69. The molecule has 1 N–H and O–H groups in total. The van der Waals surface area contributed by atoms with Crippen LogP contribution in [-0.4, -0.2) is 66.9 Å². The Morgan fingerprint density at radius 1 is 0.826 bits per heavy atom. The molecule has 254 valence electrons. The van der Waals surface area contributed by atoms with Gasteiger partial charge in [0.25, 0.3) is 0 Å². The van der Waals surface area contributed by atoms with E-state index in [4.69, 9.17) is 0 Å². The zero-order valence-corrected chi connectivity index (χ0v) is 25.8. The monoisotopic (exact) mass is 659 g/mol. The van der Waals surface area contributed by atoms with Crippen LogP contribution in [0.25, 0.3) is 0 Å². The molecule has 1 aliphatic carbocycles. The first-order chi connectivity index (χ1) is 21.7. The van der Waals surface area contributed by atoms with Crippen molar-refractivity contribution in [3.8, 4) is 0 Å². The van der Waals surface area contributed by atoms with Gasteiger partial charge in [-0.3, -0.25) is 9.69 Å². The van der Waals surface area contributed by atoms with E-state index in [9.17, 15) is 39.9 Å². The van der Waals surface area contributed by atoms with Crippen molar-refractivity contribution in [3.05, 3.63) is 70.3 Å². The highest BCUT2D eigenvalue weighted by molar-refractivity contribution is 5.86. The average molecular weight is 660 g/mol. The fourth-order valence-corrected chi connectivity index (χ4v) is 7.57. The summed E-state index contributed by atoms with van der Waals surface area (Å²) in [6.45, 7) is 4.66. The summed E-state index contributed by atoms with van der Waals surface area (Å²) in [6.07, 6.45) is -2.60. The maximum Gasteiger partial charge on any atom is 0.416 e. The highest BCUT2D eigenvalue weighted by atomic mass is 19.4. The Morgan fingerprint density at radius 2 is 1.48 bits per heavy atom. The van der Waals surface area contributed by atoms with Crippen LogP contribution in [0.4, 0.5) is 35.1 Å². The number of hydrogen-bond acceptors (Lipinski definition) is 4. The number of hydrogen-bond donors (Lipinski definition) is 1.